The molecule has 0 amide bonds. The molecule has 1 saturated carbocycles. The van der Waals surface area contributed by atoms with Crippen molar-refractivity contribution in [2.75, 3.05) is 20.1 Å². The molecule has 0 unspecified atom stereocenters. The average molecular weight is 170 g/mol. The molecule has 2 heteroatoms. The summed E-state index contributed by atoms with van der Waals surface area (Å²) >= 11 is 0. The molecule has 2 N–H and O–H groups in total. The van der Waals surface area contributed by atoms with Crippen LogP contribution < -0.4 is 5.73 Å². The Morgan fingerprint density at radius 3 is 2.42 bits per heavy atom. The lowest BCUT2D eigenvalue weighted by Crippen LogP contribution is -2.48. The van der Waals surface area contributed by atoms with Gasteiger partial charge in [-0.25, -0.2) is 0 Å². The van der Waals surface area contributed by atoms with Crippen molar-refractivity contribution in [3.63, 3.8) is 0 Å². The lowest BCUT2D eigenvalue weighted by Gasteiger charge is -2.39. The lowest BCUT2D eigenvalue weighted by atomic mass is 9.75. The number of rotatable bonds is 5. The fourth-order valence-corrected chi connectivity index (χ4v) is 1.79. The molecule has 0 aromatic heterocycles. The van der Waals surface area contributed by atoms with Crippen LogP contribution in [0.25, 0.3) is 0 Å². The minimum Gasteiger partial charge on any atom is -0.325 e. The summed E-state index contributed by atoms with van der Waals surface area (Å²) in [6, 6.07) is 0. The zero-order valence-electron chi connectivity index (χ0n) is 8.47. The van der Waals surface area contributed by atoms with E-state index in [-0.39, 0.29) is 5.54 Å². The molecule has 2 nitrogen and oxygen atoms in total. The van der Waals surface area contributed by atoms with Gasteiger partial charge in [0.25, 0.3) is 0 Å². The van der Waals surface area contributed by atoms with E-state index in [0.717, 1.165) is 0 Å². The summed E-state index contributed by atoms with van der Waals surface area (Å²) in [4.78, 5) is 2.38. The van der Waals surface area contributed by atoms with Gasteiger partial charge >= 0.3 is 0 Å². The average Bonchev–Trinajstić information content (AvgIpc) is 1.98. The number of hydrogen-bond donors (Lipinski definition) is 1. The largest absolute Gasteiger partial charge is 0.325 e. The molecule has 1 fully saturated rings. The normalized spacial score (nSPS) is 21.0. The Morgan fingerprint density at radius 1 is 1.33 bits per heavy atom. The quantitative estimate of drug-likeness (QED) is 0.679. The maximum absolute atomic E-state index is 6.12. The fraction of sp³-hybridized carbons (Fsp3) is 1.00. The molecule has 0 saturated heterocycles. The van der Waals surface area contributed by atoms with Gasteiger partial charge in [-0.2, -0.15) is 0 Å². The minimum absolute atomic E-state index is 0.210. The molecule has 0 spiro atoms. The Hall–Kier alpha value is -0.0800. The Morgan fingerprint density at radius 2 is 2.00 bits per heavy atom. The smallest absolute Gasteiger partial charge is 0.0166 e. The van der Waals surface area contributed by atoms with Gasteiger partial charge in [0.2, 0.25) is 0 Å². The second-order valence-electron chi connectivity index (χ2n) is 4.27. The van der Waals surface area contributed by atoms with E-state index in [0.29, 0.717) is 0 Å². The third-order valence-corrected chi connectivity index (χ3v) is 2.95. The summed E-state index contributed by atoms with van der Waals surface area (Å²) < 4.78 is 0. The monoisotopic (exact) mass is 170 g/mol. The van der Waals surface area contributed by atoms with Gasteiger partial charge < -0.3 is 10.6 Å². The third-order valence-electron chi connectivity index (χ3n) is 2.95. The van der Waals surface area contributed by atoms with Crippen LogP contribution in [0.1, 0.15) is 39.0 Å². The molecule has 12 heavy (non-hydrogen) atoms. The van der Waals surface area contributed by atoms with Crippen LogP contribution in [0.4, 0.5) is 0 Å². The highest BCUT2D eigenvalue weighted by Gasteiger charge is 2.31. The van der Waals surface area contributed by atoms with Crippen molar-refractivity contribution in [3.05, 3.63) is 0 Å². The maximum atomic E-state index is 6.12. The number of nitrogens with two attached hydrogens (primary N) is 1. The van der Waals surface area contributed by atoms with E-state index in [4.69, 9.17) is 5.73 Å². The Bertz CT molecular complexity index is 130. The molecular weight excluding hydrogens is 148 g/mol. The van der Waals surface area contributed by atoms with Crippen molar-refractivity contribution in [1.29, 1.82) is 0 Å². The van der Waals surface area contributed by atoms with E-state index >= 15 is 0 Å². The summed E-state index contributed by atoms with van der Waals surface area (Å²) in [6.45, 7) is 4.60. The van der Waals surface area contributed by atoms with E-state index in [1.807, 2.05) is 0 Å². The van der Waals surface area contributed by atoms with Gasteiger partial charge in [-0.1, -0.05) is 6.92 Å². The first kappa shape index (κ1) is 10.0. The summed E-state index contributed by atoms with van der Waals surface area (Å²) in [5, 5.41) is 0. The van der Waals surface area contributed by atoms with Crippen LogP contribution >= 0.6 is 0 Å². The SMILES string of the molecule is CCCN(C)CCC1(N)CCC1. The van der Waals surface area contributed by atoms with Gasteiger partial charge in [0.05, 0.1) is 0 Å². The van der Waals surface area contributed by atoms with E-state index in [1.165, 1.54) is 45.2 Å². The Kier molecular flexibility index (Phi) is 3.53. The molecule has 0 atom stereocenters. The van der Waals surface area contributed by atoms with Crippen LogP contribution in [-0.2, 0) is 0 Å². The van der Waals surface area contributed by atoms with Gasteiger partial charge in [0.15, 0.2) is 0 Å². The summed E-state index contributed by atoms with van der Waals surface area (Å²) in [5.41, 5.74) is 6.33. The molecule has 0 radical (unpaired) electrons. The van der Waals surface area contributed by atoms with E-state index < -0.39 is 0 Å². The predicted molar refractivity (Wildman–Crippen MR) is 53.2 cm³/mol. The summed E-state index contributed by atoms with van der Waals surface area (Å²) in [6.07, 6.45) is 6.26. The van der Waals surface area contributed by atoms with Crippen LogP contribution in [0.5, 0.6) is 0 Å². The lowest BCUT2D eigenvalue weighted by molar-refractivity contribution is 0.196. The van der Waals surface area contributed by atoms with Crippen molar-refractivity contribution in [1.82, 2.24) is 4.90 Å². The van der Waals surface area contributed by atoms with Crippen molar-refractivity contribution >= 4 is 0 Å². The molecule has 0 aliphatic heterocycles. The molecule has 1 aliphatic rings. The number of nitrogens with zero attached hydrogens (tertiary/aromatic N) is 1. The number of hydrogen-bond acceptors (Lipinski definition) is 2. The molecule has 0 aromatic rings. The van der Waals surface area contributed by atoms with Crippen LogP contribution in [-0.4, -0.2) is 30.6 Å². The van der Waals surface area contributed by atoms with Crippen LogP contribution in [0, 0.1) is 0 Å². The van der Waals surface area contributed by atoms with E-state index in [2.05, 4.69) is 18.9 Å². The summed E-state index contributed by atoms with van der Waals surface area (Å²) in [7, 11) is 2.19. The van der Waals surface area contributed by atoms with Crippen molar-refractivity contribution in [2.45, 2.75) is 44.6 Å². The standard InChI is InChI=1S/C10H22N2/c1-3-8-12(2)9-7-10(11)5-4-6-10/h3-9,11H2,1-2H3. The minimum atomic E-state index is 0.210. The highest BCUT2D eigenvalue weighted by molar-refractivity contribution is 4.92. The highest BCUT2D eigenvalue weighted by atomic mass is 15.1. The summed E-state index contributed by atoms with van der Waals surface area (Å²) in [5.74, 6) is 0. The maximum Gasteiger partial charge on any atom is 0.0166 e. The zero-order chi connectivity index (χ0) is 9.03. The van der Waals surface area contributed by atoms with Crippen molar-refractivity contribution in [3.8, 4) is 0 Å². The Labute approximate surface area is 76.1 Å². The third kappa shape index (κ3) is 2.76. The first-order valence-electron chi connectivity index (χ1n) is 5.14. The van der Waals surface area contributed by atoms with Crippen LogP contribution in [0.3, 0.4) is 0 Å². The molecule has 0 bridgehead atoms. The molecule has 1 rings (SSSR count). The zero-order valence-corrected chi connectivity index (χ0v) is 8.47. The second kappa shape index (κ2) is 4.24. The second-order valence-corrected chi connectivity index (χ2v) is 4.27. The van der Waals surface area contributed by atoms with E-state index in [1.54, 1.807) is 0 Å². The molecule has 1 aliphatic carbocycles. The van der Waals surface area contributed by atoms with Crippen molar-refractivity contribution in [2.24, 2.45) is 5.73 Å². The first-order chi connectivity index (χ1) is 5.66. The van der Waals surface area contributed by atoms with Gasteiger partial charge in [-0.05, 0) is 52.2 Å². The van der Waals surface area contributed by atoms with Gasteiger partial charge in [0.1, 0.15) is 0 Å². The van der Waals surface area contributed by atoms with Gasteiger partial charge in [-0.15, -0.1) is 0 Å². The molecule has 0 aromatic carbocycles. The Balaban J connectivity index is 2.07. The predicted octanol–water partition coefficient (Wildman–Crippen LogP) is 1.60. The van der Waals surface area contributed by atoms with Gasteiger partial charge in [-0.3, -0.25) is 0 Å². The van der Waals surface area contributed by atoms with Crippen molar-refractivity contribution < 1.29 is 0 Å². The van der Waals surface area contributed by atoms with Crippen LogP contribution in [0.2, 0.25) is 0 Å². The highest BCUT2D eigenvalue weighted by Crippen LogP contribution is 2.31. The van der Waals surface area contributed by atoms with Crippen LogP contribution in [0.15, 0.2) is 0 Å². The van der Waals surface area contributed by atoms with E-state index in [9.17, 15) is 0 Å². The van der Waals surface area contributed by atoms with Gasteiger partial charge in [0, 0.05) is 5.54 Å². The molecule has 72 valence electrons. The molecule has 0 heterocycles. The fourth-order valence-electron chi connectivity index (χ4n) is 1.79. The first-order valence-corrected chi connectivity index (χ1v) is 5.14. The topological polar surface area (TPSA) is 29.3 Å². The molecular formula is C10H22N2.